The molecule has 1 aromatic carbocycles. The third kappa shape index (κ3) is 2.39. The molecule has 0 aromatic heterocycles. The standard InChI is InChI=1S/C10H7ClN2O/c1-7(5-12)14-10-3-2-8(6-13)4-9(10)11/h2-4,7H,1H3/t7-/m1/s1. The summed E-state index contributed by atoms with van der Waals surface area (Å²) in [7, 11) is 0. The SMILES string of the molecule is C[C@H](C#N)Oc1ccc(C#N)cc1Cl. The van der Waals surface area contributed by atoms with Gasteiger partial charge in [0.05, 0.1) is 16.7 Å². The van der Waals surface area contributed by atoms with Crippen LogP contribution in [-0.2, 0) is 0 Å². The molecule has 0 saturated heterocycles. The summed E-state index contributed by atoms with van der Waals surface area (Å²) in [5, 5.41) is 17.4. The first-order valence-electron chi connectivity index (χ1n) is 3.93. The summed E-state index contributed by atoms with van der Waals surface area (Å²) in [6.07, 6.45) is -0.555. The van der Waals surface area contributed by atoms with Crippen molar-refractivity contribution < 1.29 is 4.74 Å². The van der Waals surface area contributed by atoms with Crippen molar-refractivity contribution in [1.29, 1.82) is 10.5 Å². The molecule has 3 nitrogen and oxygen atoms in total. The number of halogens is 1. The second kappa shape index (κ2) is 4.50. The van der Waals surface area contributed by atoms with Gasteiger partial charge in [0, 0.05) is 0 Å². The molecule has 14 heavy (non-hydrogen) atoms. The smallest absolute Gasteiger partial charge is 0.181 e. The fourth-order valence-corrected chi connectivity index (χ4v) is 1.11. The van der Waals surface area contributed by atoms with E-state index in [2.05, 4.69) is 0 Å². The lowest BCUT2D eigenvalue weighted by atomic mass is 10.2. The van der Waals surface area contributed by atoms with Gasteiger partial charge in [-0.25, -0.2) is 0 Å². The molecule has 1 rings (SSSR count). The summed E-state index contributed by atoms with van der Waals surface area (Å²) in [6.45, 7) is 1.62. The van der Waals surface area contributed by atoms with Crippen molar-refractivity contribution in [3.8, 4) is 17.9 Å². The molecule has 0 heterocycles. The van der Waals surface area contributed by atoms with E-state index in [1.807, 2.05) is 12.1 Å². The Labute approximate surface area is 87.1 Å². The van der Waals surface area contributed by atoms with Gasteiger partial charge >= 0.3 is 0 Å². The zero-order valence-corrected chi connectivity index (χ0v) is 8.25. The van der Waals surface area contributed by atoms with E-state index in [9.17, 15) is 0 Å². The van der Waals surface area contributed by atoms with Crippen molar-refractivity contribution in [3.05, 3.63) is 28.8 Å². The van der Waals surface area contributed by atoms with Gasteiger partial charge in [-0.15, -0.1) is 0 Å². The molecule has 0 unspecified atom stereocenters. The topological polar surface area (TPSA) is 56.8 Å². The maximum Gasteiger partial charge on any atom is 0.181 e. The van der Waals surface area contributed by atoms with E-state index in [1.165, 1.54) is 6.07 Å². The van der Waals surface area contributed by atoms with Crippen molar-refractivity contribution in [2.45, 2.75) is 13.0 Å². The molecule has 0 spiro atoms. The molecule has 0 fully saturated rings. The first-order chi connectivity index (χ1) is 6.67. The third-order valence-corrected chi connectivity index (χ3v) is 1.84. The highest BCUT2D eigenvalue weighted by molar-refractivity contribution is 6.32. The second-order valence-electron chi connectivity index (χ2n) is 2.65. The summed E-state index contributed by atoms with van der Waals surface area (Å²) in [5.41, 5.74) is 0.465. The van der Waals surface area contributed by atoms with Crippen molar-refractivity contribution >= 4 is 11.6 Å². The lowest BCUT2D eigenvalue weighted by Crippen LogP contribution is -2.08. The van der Waals surface area contributed by atoms with Gasteiger partial charge in [0.25, 0.3) is 0 Å². The molecule has 1 aromatic rings. The Bertz CT molecular complexity index is 417. The van der Waals surface area contributed by atoms with Crippen LogP contribution in [0.3, 0.4) is 0 Å². The molecule has 1 atom stereocenters. The van der Waals surface area contributed by atoms with Gasteiger partial charge in [0.2, 0.25) is 0 Å². The van der Waals surface area contributed by atoms with Crippen LogP contribution in [0, 0.1) is 22.7 Å². The number of nitriles is 2. The van der Waals surface area contributed by atoms with Crippen molar-refractivity contribution in [3.63, 3.8) is 0 Å². The molecule has 0 N–H and O–H groups in total. The van der Waals surface area contributed by atoms with Crippen LogP contribution in [0.4, 0.5) is 0 Å². The summed E-state index contributed by atoms with van der Waals surface area (Å²) in [5.74, 6) is 0.416. The van der Waals surface area contributed by atoms with Crippen LogP contribution in [0.15, 0.2) is 18.2 Å². The highest BCUT2D eigenvalue weighted by Gasteiger charge is 2.06. The number of rotatable bonds is 2. The van der Waals surface area contributed by atoms with Crippen LogP contribution in [0.1, 0.15) is 12.5 Å². The first-order valence-corrected chi connectivity index (χ1v) is 4.31. The molecule has 0 aliphatic rings. The van der Waals surface area contributed by atoms with Gasteiger partial charge in [-0.05, 0) is 25.1 Å². The molecule has 0 aliphatic carbocycles. The van der Waals surface area contributed by atoms with E-state index in [4.69, 9.17) is 26.9 Å². The van der Waals surface area contributed by atoms with E-state index >= 15 is 0 Å². The van der Waals surface area contributed by atoms with Gasteiger partial charge in [-0.2, -0.15) is 10.5 Å². The first kappa shape index (κ1) is 10.4. The van der Waals surface area contributed by atoms with Crippen LogP contribution in [0.5, 0.6) is 5.75 Å². The maximum atomic E-state index is 8.58. The van der Waals surface area contributed by atoms with Gasteiger partial charge in [0.1, 0.15) is 11.8 Å². The van der Waals surface area contributed by atoms with Crippen molar-refractivity contribution in [2.24, 2.45) is 0 Å². The molecule has 4 heteroatoms. The van der Waals surface area contributed by atoms with Crippen LogP contribution in [-0.4, -0.2) is 6.10 Å². The number of hydrogen-bond donors (Lipinski definition) is 0. The van der Waals surface area contributed by atoms with E-state index in [-0.39, 0.29) is 0 Å². The number of nitrogens with zero attached hydrogens (tertiary/aromatic N) is 2. The minimum Gasteiger partial charge on any atom is -0.474 e. The lowest BCUT2D eigenvalue weighted by molar-refractivity contribution is 0.276. The quantitative estimate of drug-likeness (QED) is 0.747. The average Bonchev–Trinajstić information content (AvgIpc) is 2.20. The highest BCUT2D eigenvalue weighted by Crippen LogP contribution is 2.25. The van der Waals surface area contributed by atoms with Crippen LogP contribution < -0.4 is 4.74 Å². The Morgan fingerprint density at radius 3 is 2.64 bits per heavy atom. The fraction of sp³-hybridized carbons (Fsp3) is 0.200. The normalized spacial score (nSPS) is 11.1. The zero-order valence-electron chi connectivity index (χ0n) is 7.49. The summed E-state index contributed by atoms with van der Waals surface area (Å²) >= 11 is 5.82. The molecule has 0 radical (unpaired) electrons. The Morgan fingerprint density at radius 2 is 2.14 bits per heavy atom. The second-order valence-corrected chi connectivity index (χ2v) is 3.05. The van der Waals surface area contributed by atoms with Crippen molar-refractivity contribution in [2.75, 3.05) is 0 Å². The molecule has 0 aliphatic heterocycles. The average molecular weight is 207 g/mol. The lowest BCUT2D eigenvalue weighted by Gasteiger charge is -2.08. The largest absolute Gasteiger partial charge is 0.474 e. The van der Waals surface area contributed by atoms with Crippen LogP contribution in [0.2, 0.25) is 5.02 Å². The van der Waals surface area contributed by atoms with Gasteiger partial charge in [0.15, 0.2) is 6.10 Å². The van der Waals surface area contributed by atoms with Gasteiger partial charge in [-0.3, -0.25) is 0 Å². The highest BCUT2D eigenvalue weighted by atomic mass is 35.5. The number of benzene rings is 1. The summed E-state index contributed by atoms with van der Waals surface area (Å²) < 4.78 is 5.19. The van der Waals surface area contributed by atoms with Gasteiger partial charge in [-0.1, -0.05) is 11.6 Å². The van der Waals surface area contributed by atoms with Crippen molar-refractivity contribution in [1.82, 2.24) is 0 Å². The molecular weight excluding hydrogens is 200 g/mol. The monoisotopic (exact) mass is 206 g/mol. The molecule has 70 valence electrons. The molecule has 0 saturated carbocycles. The van der Waals surface area contributed by atoms with Crippen LogP contribution >= 0.6 is 11.6 Å². The predicted molar refractivity (Wildman–Crippen MR) is 51.9 cm³/mol. The Kier molecular flexibility index (Phi) is 3.34. The summed E-state index contributed by atoms with van der Waals surface area (Å²) in [4.78, 5) is 0. The van der Waals surface area contributed by atoms with E-state index in [0.717, 1.165) is 0 Å². The molecule has 0 amide bonds. The molecular formula is C10H7ClN2O. The van der Waals surface area contributed by atoms with E-state index in [1.54, 1.807) is 19.1 Å². The number of ether oxygens (including phenoxy) is 1. The van der Waals surface area contributed by atoms with Crippen LogP contribution in [0.25, 0.3) is 0 Å². The predicted octanol–water partition coefficient (Wildman–Crippen LogP) is 2.50. The molecule has 0 bridgehead atoms. The minimum absolute atomic E-state index is 0.339. The Balaban J connectivity index is 2.92. The van der Waals surface area contributed by atoms with E-state index < -0.39 is 6.10 Å². The minimum atomic E-state index is -0.555. The summed E-state index contributed by atoms with van der Waals surface area (Å²) in [6, 6.07) is 8.55. The fourth-order valence-electron chi connectivity index (χ4n) is 0.883. The van der Waals surface area contributed by atoms with E-state index in [0.29, 0.717) is 16.3 Å². The van der Waals surface area contributed by atoms with Gasteiger partial charge < -0.3 is 4.74 Å². The zero-order chi connectivity index (χ0) is 10.6. The maximum absolute atomic E-state index is 8.58. The Hall–Kier alpha value is -1.71. The Morgan fingerprint density at radius 1 is 1.43 bits per heavy atom. The third-order valence-electron chi connectivity index (χ3n) is 1.55. The number of hydrogen-bond acceptors (Lipinski definition) is 3.